The second-order valence-corrected chi connectivity index (χ2v) is 3.86. The molecule has 0 aromatic heterocycles. The highest BCUT2D eigenvalue weighted by atomic mass is 19.4. The van der Waals surface area contributed by atoms with Gasteiger partial charge in [0.05, 0.1) is 13.2 Å². The van der Waals surface area contributed by atoms with E-state index in [1.54, 1.807) is 0 Å². The molecule has 0 aliphatic carbocycles. The molecular formula is C14H14F3NO2. The maximum atomic E-state index is 11.7. The molecule has 6 heteroatoms. The third-order valence-electron chi connectivity index (χ3n) is 2.12. The molecule has 1 aromatic rings. The Morgan fingerprint density at radius 1 is 1.25 bits per heavy atom. The number of benzene rings is 1. The van der Waals surface area contributed by atoms with Crippen LogP contribution in [0.3, 0.4) is 0 Å². The van der Waals surface area contributed by atoms with Crippen LogP contribution in [0.5, 0.6) is 0 Å². The highest BCUT2D eigenvalue weighted by molar-refractivity contribution is 5.76. The molecule has 108 valence electrons. The van der Waals surface area contributed by atoms with Crippen molar-refractivity contribution in [1.82, 2.24) is 5.32 Å². The summed E-state index contributed by atoms with van der Waals surface area (Å²) in [5, 5.41) is 2.48. The lowest BCUT2D eigenvalue weighted by Gasteiger charge is -2.06. The van der Waals surface area contributed by atoms with E-state index in [1.807, 2.05) is 30.3 Å². The number of hydrogen-bond acceptors (Lipinski definition) is 2. The van der Waals surface area contributed by atoms with E-state index < -0.39 is 18.7 Å². The molecule has 0 aliphatic rings. The summed E-state index contributed by atoms with van der Waals surface area (Å²) >= 11 is 0. The first-order valence-corrected chi connectivity index (χ1v) is 5.92. The quantitative estimate of drug-likeness (QED) is 0.665. The first-order valence-electron chi connectivity index (χ1n) is 5.92. The van der Waals surface area contributed by atoms with E-state index in [0.717, 1.165) is 5.56 Å². The Morgan fingerprint density at radius 3 is 2.60 bits per heavy atom. The van der Waals surface area contributed by atoms with Gasteiger partial charge in [-0.1, -0.05) is 30.0 Å². The molecule has 0 atom stereocenters. The first-order chi connectivity index (χ1) is 9.47. The van der Waals surface area contributed by atoms with Crippen LogP contribution in [0.4, 0.5) is 13.2 Å². The number of carbonyl (C=O) groups excluding carboxylic acids is 1. The van der Waals surface area contributed by atoms with Gasteiger partial charge in [0.2, 0.25) is 5.91 Å². The lowest BCUT2D eigenvalue weighted by atomic mass is 10.2. The van der Waals surface area contributed by atoms with Gasteiger partial charge in [-0.3, -0.25) is 4.79 Å². The van der Waals surface area contributed by atoms with Gasteiger partial charge >= 0.3 is 6.18 Å². The normalized spacial score (nSPS) is 10.6. The molecule has 1 aromatic carbocycles. The smallest absolute Gasteiger partial charge is 0.372 e. The minimum absolute atomic E-state index is 0.122. The van der Waals surface area contributed by atoms with Crippen LogP contribution >= 0.6 is 0 Å². The third-order valence-corrected chi connectivity index (χ3v) is 2.12. The molecule has 0 unspecified atom stereocenters. The summed E-state index contributed by atoms with van der Waals surface area (Å²) in [6.07, 6.45) is -4.49. The van der Waals surface area contributed by atoms with Crippen LogP contribution in [-0.2, 0) is 9.53 Å². The summed E-state index contributed by atoms with van der Waals surface area (Å²) in [7, 11) is 0. The Balaban J connectivity index is 2.13. The molecule has 0 spiro atoms. The largest absolute Gasteiger partial charge is 0.411 e. The molecule has 0 fully saturated rings. The monoisotopic (exact) mass is 285 g/mol. The zero-order valence-electron chi connectivity index (χ0n) is 10.7. The Hall–Kier alpha value is -2.00. The zero-order valence-corrected chi connectivity index (χ0v) is 10.7. The summed E-state index contributed by atoms with van der Waals surface area (Å²) in [6.45, 7) is -1.46. The number of amides is 1. The minimum atomic E-state index is -4.36. The third kappa shape index (κ3) is 8.16. The molecule has 20 heavy (non-hydrogen) atoms. The molecule has 3 nitrogen and oxygen atoms in total. The molecule has 0 aliphatic heterocycles. The predicted octanol–water partition coefficient (Wildman–Crippen LogP) is 2.12. The van der Waals surface area contributed by atoms with E-state index in [0.29, 0.717) is 0 Å². The molecule has 0 saturated carbocycles. The fourth-order valence-corrected chi connectivity index (χ4v) is 1.25. The lowest BCUT2D eigenvalue weighted by Crippen LogP contribution is -2.26. The Kier molecular flexibility index (Phi) is 6.60. The van der Waals surface area contributed by atoms with Gasteiger partial charge < -0.3 is 10.1 Å². The average Bonchev–Trinajstić information content (AvgIpc) is 2.40. The van der Waals surface area contributed by atoms with Crippen molar-refractivity contribution in [2.75, 3.05) is 19.8 Å². The van der Waals surface area contributed by atoms with Crippen molar-refractivity contribution in [3.05, 3.63) is 35.9 Å². The molecule has 0 bridgehead atoms. The van der Waals surface area contributed by atoms with E-state index in [1.165, 1.54) is 0 Å². The molecular weight excluding hydrogens is 271 g/mol. The second-order valence-electron chi connectivity index (χ2n) is 3.86. The number of carbonyl (C=O) groups is 1. The highest BCUT2D eigenvalue weighted by Gasteiger charge is 2.27. The van der Waals surface area contributed by atoms with E-state index in [4.69, 9.17) is 0 Å². The Bertz CT molecular complexity index is 475. The molecule has 1 N–H and O–H groups in total. The summed E-state index contributed by atoms with van der Waals surface area (Å²) < 4.78 is 39.6. The summed E-state index contributed by atoms with van der Waals surface area (Å²) in [5.41, 5.74) is 0.829. The van der Waals surface area contributed by atoms with Gasteiger partial charge in [0.15, 0.2) is 0 Å². The number of rotatable bonds is 5. The van der Waals surface area contributed by atoms with E-state index in [-0.39, 0.29) is 19.6 Å². The van der Waals surface area contributed by atoms with Crippen LogP contribution in [0.2, 0.25) is 0 Å². The van der Waals surface area contributed by atoms with Crippen molar-refractivity contribution < 1.29 is 22.7 Å². The van der Waals surface area contributed by atoms with Crippen molar-refractivity contribution in [2.24, 2.45) is 0 Å². The molecule has 1 rings (SSSR count). The summed E-state index contributed by atoms with van der Waals surface area (Å²) in [6, 6.07) is 9.23. The van der Waals surface area contributed by atoms with Gasteiger partial charge in [-0.2, -0.15) is 13.2 Å². The van der Waals surface area contributed by atoms with E-state index in [2.05, 4.69) is 21.9 Å². The van der Waals surface area contributed by atoms with Crippen LogP contribution in [0.15, 0.2) is 30.3 Å². The predicted molar refractivity (Wildman–Crippen MR) is 67.8 cm³/mol. The van der Waals surface area contributed by atoms with Crippen LogP contribution in [0, 0.1) is 11.8 Å². The van der Waals surface area contributed by atoms with Crippen molar-refractivity contribution in [1.29, 1.82) is 0 Å². The van der Waals surface area contributed by atoms with Crippen LogP contribution in [0.25, 0.3) is 0 Å². The van der Waals surface area contributed by atoms with Gasteiger partial charge in [-0.05, 0) is 12.1 Å². The number of alkyl halides is 3. The number of nitrogens with one attached hydrogen (secondary N) is 1. The summed E-state index contributed by atoms with van der Waals surface area (Å²) in [5.74, 6) is 5.19. The molecule has 0 heterocycles. The fraction of sp³-hybridized carbons (Fsp3) is 0.357. The van der Waals surface area contributed by atoms with Gasteiger partial charge in [0, 0.05) is 12.0 Å². The summed E-state index contributed by atoms with van der Waals surface area (Å²) in [4.78, 5) is 11.2. The van der Waals surface area contributed by atoms with Gasteiger partial charge in [0.1, 0.15) is 6.61 Å². The lowest BCUT2D eigenvalue weighted by molar-refractivity contribution is -0.174. The number of hydrogen-bond donors (Lipinski definition) is 1. The second kappa shape index (κ2) is 8.23. The van der Waals surface area contributed by atoms with Crippen molar-refractivity contribution in [2.45, 2.75) is 12.6 Å². The van der Waals surface area contributed by atoms with Crippen LogP contribution < -0.4 is 5.32 Å². The van der Waals surface area contributed by atoms with E-state index in [9.17, 15) is 18.0 Å². The fourth-order valence-electron chi connectivity index (χ4n) is 1.25. The SMILES string of the molecule is O=C(CCOCC(F)(F)F)NCC#Cc1ccccc1. The molecule has 1 amide bonds. The van der Waals surface area contributed by atoms with Gasteiger partial charge in [-0.25, -0.2) is 0 Å². The highest BCUT2D eigenvalue weighted by Crippen LogP contribution is 2.14. The van der Waals surface area contributed by atoms with E-state index >= 15 is 0 Å². The topological polar surface area (TPSA) is 38.3 Å². The Morgan fingerprint density at radius 2 is 1.95 bits per heavy atom. The standard InChI is InChI=1S/C14H14F3NO2/c15-14(16,17)11-20-10-8-13(19)18-9-4-7-12-5-2-1-3-6-12/h1-3,5-6H,8-11H2,(H,18,19). The number of halogens is 3. The number of ether oxygens (including phenoxy) is 1. The molecule has 0 radical (unpaired) electrons. The first kappa shape index (κ1) is 16.1. The van der Waals surface area contributed by atoms with Crippen LogP contribution in [-0.4, -0.2) is 31.8 Å². The van der Waals surface area contributed by atoms with Crippen molar-refractivity contribution in [3.63, 3.8) is 0 Å². The minimum Gasteiger partial charge on any atom is -0.372 e. The van der Waals surface area contributed by atoms with Crippen LogP contribution in [0.1, 0.15) is 12.0 Å². The zero-order chi connectivity index (χ0) is 14.8. The van der Waals surface area contributed by atoms with Crippen molar-refractivity contribution in [3.8, 4) is 11.8 Å². The Labute approximate surface area is 115 Å². The maximum absolute atomic E-state index is 11.7. The average molecular weight is 285 g/mol. The maximum Gasteiger partial charge on any atom is 0.411 e. The van der Waals surface area contributed by atoms with Crippen molar-refractivity contribution >= 4 is 5.91 Å². The molecule has 0 saturated heterocycles. The van der Waals surface area contributed by atoms with Gasteiger partial charge in [0.25, 0.3) is 0 Å². The van der Waals surface area contributed by atoms with Gasteiger partial charge in [-0.15, -0.1) is 0 Å².